The molecule has 0 saturated carbocycles. The SMILES string of the molecule is CN=C(NCCSCc1ncccc1Br)NS(=O)(=O)c1ccc(N)cc1. The Morgan fingerprint density at radius 1 is 1.31 bits per heavy atom. The van der Waals surface area contributed by atoms with Crippen LogP contribution in [0.2, 0.25) is 0 Å². The first-order valence-corrected chi connectivity index (χ1v) is 11.1. The van der Waals surface area contributed by atoms with Gasteiger partial charge in [-0.2, -0.15) is 11.8 Å². The van der Waals surface area contributed by atoms with Gasteiger partial charge in [0.05, 0.1) is 10.6 Å². The van der Waals surface area contributed by atoms with Crippen molar-refractivity contribution in [2.75, 3.05) is 25.1 Å². The van der Waals surface area contributed by atoms with Gasteiger partial charge in [-0.15, -0.1) is 0 Å². The standard InChI is InChI=1S/C16H20BrN5O2S2/c1-19-16(22-26(23,24)13-6-4-12(18)5-7-13)21-9-10-25-11-15-14(17)3-2-8-20-15/h2-8H,9-11,18H2,1H3,(H2,19,21,22). The number of halogens is 1. The number of hydrogen-bond acceptors (Lipinski definition) is 6. The van der Waals surface area contributed by atoms with Crippen molar-refractivity contribution in [1.82, 2.24) is 15.0 Å². The van der Waals surface area contributed by atoms with Crippen molar-refractivity contribution in [2.45, 2.75) is 10.6 Å². The molecule has 0 saturated heterocycles. The topological polar surface area (TPSA) is 109 Å². The summed E-state index contributed by atoms with van der Waals surface area (Å²) in [7, 11) is -2.18. The van der Waals surface area contributed by atoms with Crippen molar-refractivity contribution >= 4 is 49.4 Å². The van der Waals surface area contributed by atoms with E-state index in [0.717, 1.165) is 21.7 Å². The summed E-state index contributed by atoms with van der Waals surface area (Å²) >= 11 is 5.15. The first kappa shape index (κ1) is 20.5. The minimum absolute atomic E-state index is 0.129. The number of guanidine groups is 1. The first-order chi connectivity index (χ1) is 12.4. The highest BCUT2D eigenvalue weighted by atomic mass is 79.9. The van der Waals surface area contributed by atoms with Gasteiger partial charge in [-0.05, 0) is 52.3 Å². The molecular formula is C16H20BrN5O2S2. The molecule has 10 heteroatoms. The Hall–Kier alpha value is -1.78. The van der Waals surface area contributed by atoms with E-state index < -0.39 is 10.0 Å². The Bertz CT molecular complexity index is 857. The summed E-state index contributed by atoms with van der Waals surface area (Å²) < 4.78 is 28.1. The van der Waals surface area contributed by atoms with E-state index in [9.17, 15) is 8.42 Å². The lowest BCUT2D eigenvalue weighted by atomic mass is 10.3. The van der Waals surface area contributed by atoms with Crippen molar-refractivity contribution in [1.29, 1.82) is 0 Å². The summed E-state index contributed by atoms with van der Waals surface area (Å²) in [5.41, 5.74) is 7.06. The Labute approximate surface area is 166 Å². The third-order valence-corrected chi connectivity index (χ3v) is 6.30. The van der Waals surface area contributed by atoms with Crippen LogP contribution in [-0.2, 0) is 15.8 Å². The number of nitrogens with zero attached hydrogens (tertiary/aromatic N) is 2. The lowest BCUT2D eigenvalue weighted by molar-refractivity contribution is 0.591. The van der Waals surface area contributed by atoms with Crippen LogP contribution < -0.4 is 15.8 Å². The minimum atomic E-state index is -3.70. The van der Waals surface area contributed by atoms with E-state index in [0.29, 0.717) is 12.2 Å². The molecule has 2 rings (SSSR count). The number of rotatable bonds is 7. The smallest absolute Gasteiger partial charge is 0.264 e. The van der Waals surface area contributed by atoms with Crippen molar-refractivity contribution in [2.24, 2.45) is 4.99 Å². The molecule has 1 aromatic heterocycles. The van der Waals surface area contributed by atoms with Crippen LogP contribution in [0.3, 0.4) is 0 Å². The second-order valence-corrected chi connectivity index (χ2v) is 8.80. The Morgan fingerprint density at radius 2 is 2.04 bits per heavy atom. The molecule has 0 atom stereocenters. The van der Waals surface area contributed by atoms with E-state index in [1.54, 1.807) is 18.0 Å². The normalized spacial score (nSPS) is 12.0. The number of pyridine rings is 1. The number of aromatic nitrogens is 1. The molecule has 0 unspecified atom stereocenters. The predicted molar refractivity (Wildman–Crippen MR) is 111 cm³/mol. The number of nitrogens with one attached hydrogen (secondary N) is 2. The fraction of sp³-hybridized carbons (Fsp3) is 0.250. The van der Waals surface area contributed by atoms with Gasteiger partial charge in [0, 0.05) is 41.5 Å². The van der Waals surface area contributed by atoms with Gasteiger partial charge in [-0.1, -0.05) is 0 Å². The largest absolute Gasteiger partial charge is 0.399 e. The molecule has 0 aliphatic heterocycles. The molecule has 0 spiro atoms. The van der Waals surface area contributed by atoms with Crippen LogP contribution in [0.1, 0.15) is 5.69 Å². The monoisotopic (exact) mass is 457 g/mol. The number of nitrogens with two attached hydrogens (primary N) is 1. The van der Waals surface area contributed by atoms with E-state index in [4.69, 9.17) is 5.73 Å². The van der Waals surface area contributed by atoms with Gasteiger partial charge in [0.25, 0.3) is 10.0 Å². The molecule has 140 valence electrons. The molecule has 0 bridgehead atoms. The molecule has 7 nitrogen and oxygen atoms in total. The lowest BCUT2D eigenvalue weighted by Gasteiger charge is -2.12. The number of sulfonamides is 1. The highest BCUT2D eigenvalue weighted by Gasteiger charge is 2.15. The molecule has 26 heavy (non-hydrogen) atoms. The molecule has 1 aromatic carbocycles. The fourth-order valence-corrected chi connectivity index (χ4v) is 4.35. The second kappa shape index (κ2) is 9.79. The summed E-state index contributed by atoms with van der Waals surface area (Å²) in [6.07, 6.45) is 1.76. The number of nitrogen functional groups attached to an aromatic ring is 1. The Kier molecular flexibility index (Phi) is 7.73. The Balaban J connectivity index is 1.80. The van der Waals surface area contributed by atoms with Crippen molar-refractivity contribution in [3.05, 3.63) is 52.8 Å². The summed E-state index contributed by atoms with van der Waals surface area (Å²) in [5, 5.41) is 2.99. The van der Waals surface area contributed by atoms with Gasteiger partial charge in [0.1, 0.15) is 0 Å². The highest BCUT2D eigenvalue weighted by Crippen LogP contribution is 2.18. The molecule has 2 aromatic rings. The zero-order valence-corrected chi connectivity index (χ0v) is 17.4. The van der Waals surface area contributed by atoms with Crippen LogP contribution in [0, 0.1) is 0 Å². The maximum atomic E-state index is 12.3. The molecule has 0 fully saturated rings. The predicted octanol–water partition coefficient (Wildman–Crippen LogP) is 2.21. The molecular weight excluding hydrogens is 438 g/mol. The first-order valence-electron chi connectivity index (χ1n) is 7.68. The number of anilines is 1. The summed E-state index contributed by atoms with van der Waals surface area (Å²) in [6, 6.07) is 9.80. The third kappa shape index (κ3) is 6.19. The third-order valence-electron chi connectivity index (χ3n) is 3.26. The van der Waals surface area contributed by atoms with Gasteiger partial charge < -0.3 is 11.1 Å². The molecule has 0 amide bonds. The van der Waals surface area contributed by atoms with E-state index in [1.807, 2.05) is 12.1 Å². The fourth-order valence-electron chi connectivity index (χ4n) is 1.93. The number of hydrogen-bond donors (Lipinski definition) is 3. The van der Waals surface area contributed by atoms with Crippen LogP contribution in [0.25, 0.3) is 0 Å². The lowest BCUT2D eigenvalue weighted by Crippen LogP contribution is -2.41. The average molecular weight is 458 g/mol. The van der Waals surface area contributed by atoms with Crippen LogP contribution in [-0.4, -0.2) is 38.7 Å². The van der Waals surface area contributed by atoms with Gasteiger partial charge in [0.15, 0.2) is 0 Å². The molecule has 4 N–H and O–H groups in total. The molecule has 0 aliphatic rings. The van der Waals surface area contributed by atoms with Gasteiger partial charge >= 0.3 is 0 Å². The quantitative estimate of drug-likeness (QED) is 0.254. The highest BCUT2D eigenvalue weighted by molar-refractivity contribution is 9.10. The van der Waals surface area contributed by atoms with E-state index in [-0.39, 0.29) is 10.9 Å². The zero-order chi connectivity index (χ0) is 19.0. The summed E-state index contributed by atoms with van der Waals surface area (Å²) in [5.74, 6) is 1.73. The van der Waals surface area contributed by atoms with Crippen molar-refractivity contribution < 1.29 is 8.42 Å². The molecule has 0 radical (unpaired) electrons. The average Bonchev–Trinajstić information content (AvgIpc) is 2.62. The van der Waals surface area contributed by atoms with Crippen LogP contribution in [0.15, 0.2) is 57.0 Å². The van der Waals surface area contributed by atoms with Gasteiger partial charge in [-0.3, -0.25) is 9.98 Å². The summed E-state index contributed by atoms with van der Waals surface area (Å²) in [4.78, 5) is 8.38. The van der Waals surface area contributed by atoms with Crippen LogP contribution in [0.4, 0.5) is 5.69 Å². The minimum Gasteiger partial charge on any atom is -0.399 e. The zero-order valence-electron chi connectivity index (χ0n) is 14.1. The number of aliphatic imine (C=N–C) groups is 1. The van der Waals surface area contributed by atoms with Crippen LogP contribution >= 0.6 is 27.7 Å². The van der Waals surface area contributed by atoms with Crippen molar-refractivity contribution in [3.8, 4) is 0 Å². The Morgan fingerprint density at radius 3 is 2.69 bits per heavy atom. The maximum Gasteiger partial charge on any atom is 0.264 e. The van der Waals surface area contributed by atoms with E-state index in [1.165, 1.54) is 31.3 Å². The second-order valence-electron chi connectivity index (χ2n) is 5.16. The molecule has 0 aliphatic carbocycles. The van der Waals surface area contributed by atoms with Crippen molar-refractivity contribution in [3.63, 3.8) is 0 Å². The van der Waals surface area contributed by atoms with E-state index >= 15 is 0 Å². The molecule has 1 heterocycles. The van der Waals surface area contributed by atoms with Gasteiger partial charge in [0.2, 0.25) is 5.96 Å². The van der Waals surface area contributed by atoms with Gasteiger partial charge in [-0.25, -0.2) is 13.1 Å². The number of thioether (sulfide) groups is 1. The maximum absolute atomic E-state index is 12.3. The van der Waals surface area contributed by atoms with Crippen LogP contribution in [0.5, 0.6) is 0 Å². The number of benzene rings is 1. The summed E-state index contributed by atoms with van der Waals surface area (Å²) in [6.45, 7) is 0.562. The van der Waals surface area contributed by atoms with E-state index in [2.05, 4.69) is 35.9 Å².